The fraction of sp³-hybridized carbons (Fsp3) is 0.444. The summed E-state index contributed by atoms with van der Waals surface area (Å²) in [7, 11) is 0. The van der Waals surface area contributed by atoms with Gasteiger partial charge < -0.3 is 10.2 Å². The van der Waals surface area contributed by atoms with Gasteiger partial charge in [-0.3, -0.25) is 0 Å². The minimum absolute atomic E-state index is 0.296. The molecule has 20 heavy (non-hydrogen) atoms. The maximum Gasteiger partial charge on any atom is 0.118 e. The maximum atomic E-state index is 10.4. The fourth-order valence-corrected chi connectivity index (χ4v) is 2.91. The molecule has 0 amide bonds. The number of hydrogen-bond donors (Lipinski definition) is 2. The zero-order valence-electron chi connectivity index (χ0n) is 12.3. The van der Waals surface area contributed by atoms with E-state index in [-0.39, 0.29) is 5.41 Å². The summed E-state index contributed by atoms with van der Waals surface area (Å²) in [5.41, 5.74) is 1.75. The molecule has 2 nitrogen and oxygen atoms in total. The molecule has 0 spiro atoms. The molecule has 0 aromatic heterocycles. The average Bonchev–Trinajstić information content (AvgIpc) is 2.44. The number of benzene rings is 1. The zero-order chi connectivity index (χ0) is 14.6. The van der Waals surface area contributed by atoms with E-state index in [0.717, 1.165) is 30.4 Å². The molecule has 2 heteroatoms. The number of aromatic hydroxyl groups is 1. The van der Waals surface area contributed by atoms with Crippen molar-refractivity contribution in [3.63, 3.8) is 0 Å². The van der Waals surface area contributed by atoms with Gasteiger partial charge in [0.25, 0.3) is 0 Å². The Morgan fingerprint density at radius 2 is 2.05 bits per heavy atom. The normalized spacial score (nSPS) is 25.1. The molecule has 0 aliphatic heterocycles. The van der Waals surface area contributed by atoms with Crippen LogP contribution in [-0.2, 0) is 6.42 Å². The van der Waals surface area contributed by atoms with E-state index in [9.17, 15) is 10.2 Å². The summed E-state index contributed by atoms with van der Waals surface area (Å²) in [4.78, 5) is 0. The van der Waals surface area contributed by atoms with Crippen molar-refractivity contribution in [2.45, 2.75) is 45.6 Å². The highest BCUT2D eigenvalue weighted by molar-refractivity contribution is 5.38. The van der Waals surface area contributed by atoms with Crippen LogP contribution >= 0.6 is 0 Å². The fourth-order valence-electron chi connectivity index (χ4n) is 2.91. The molecule has 2 rings (SSSR count). The van der Waals surface area contributed by atoms with Crippen LogP contribution in [0.3, 0.4) is 0 Å². The summed E-state index contributed by atoms with van der Waals surface area (Å²) in [5, 5.41) is 20.5. The van der Waals surface area contributed by atoms with Crippen LogP contribution in [0.2, 0.25) is 0 Å². The maximum absolute atomic E-state index is 10.4. The molecular weight excluding hydrogens is 248 g/mol. The first-order valence-electron chi connectivity index (χ1n) is 7.40. The quantitative estimate of drug-likeness (QED) is 0.853. The highest BCUT2D eigenvalue weighted by Crippen LogP contribution is 2.39. The van der Waals surface area contributed by atoms with Crippen molar-refractivity contribution >= 4 is 0 Å². The summed E-state index contributed by atoms with van der Waals surface area (Å²) in [5.74, 6) is 0.321. The van der Waals surface area contributed by atoms with Crippen LogP contribution in [0.4, 0.5) is 0 Å². The van der Waals surface area contributed by atoms with Crippen molar-refractivity contribution in [3.05, 3.63) is 53.6 Å². The lowest BCUT2D eigenvalue weighted by Gasteiger charge is -2.36. The molecule has 0 bridgehead atoms. The van der Waals surface area contributed by atoms with E-state index in [1.807, 2.05) is 37.3 Å². The molecule has 1 aromatic rings. The Labute approximate surface area is 121 Å². The first-order valence-corrected chi connectivity index (χ1v) is 7.40. The third kappa shape index (κ3) is 3.13. The van der Waals surface area contributed by atoms with Crippen molar-refractivity contribution in [2.24, 2.45) is 5.41 Å². The molecule has 0 radical (unpaired) electrons. The molecule has 1 aromatic carbocycles. The van der Waals surface area contributed by atoms with Crippen LogP contribution in [0.5, 0.6) is 5.75 Å². The third-order valence-corrected chi connectivity index (χ3v) is 4.17. The van der Waals surface area contributed by atoms with Gasteiger partial charge in [0.15, 0.2) is 0 Å². The number of phenolic OH excluding ortho intramolecular Hbond substituents is 1. The number of aryl methyl sites for hydroxylation is 1. The highest BCUT2D eigenvalue weighted by atomic mass is 16.3. The second kappa shape index (κ2) is 6.27. The van der Waals surface area contributed by atoms with E-state index in [2.05, 4.69) is 13.0 Å². The van der Waals surface area contributed by atoms with E-state index in [1.54, 1.807) is 6.07 Å². The number of aliphatic hydroxyl groups is 1. The van der Waals surface area contributed by atoms with E-state index < -0.39 is 6.10 Å². The summed E-state index contributed by atoms with van der Waals surface area (Å²) in [6.45, 7) is 4.18. The van der Waals surface area contributed by atoms with Crippen LogP contribution in [0.1, 0.15) is 37.3 Å². The molecule has 108 valence electrons. The number of allylic oxidation sites excluding steroid dienone is 2. The van der Waals surface area contributed by atoms with Crippen molar-refractivity contribution in [2.75, 3.05) is 0 Å². The van der Waals surface area contributed by atoms with Gasteiger partial charge in [-0.15, -0.1) is 0 Å². The molecular formula is C18H24O2. The van der Waals surface area contributed by atoms with Crippen LogP contribution in [0.15, 0.2) is 42.5 Å². The zero-order valence-corrected chi connectivity index (χ0v) is 12.3. The summed E-state index contributed by atoms with van der Waals surface area (Å²) in [6, 6.07) is 5.67. The summed E-state index contributed by atoms with van der Waals surface area (Å²) in [6.07, 6.45) is 11.1. The summed E-state index contributed by atoms with van der Waals surface area (Å²) < 4.78 is 0. The molecule has 2 N–H and O–H groups in total. The van der Waals surface area contributed by atoms with Crippen molar-refractivity contribution in [1.82, 2.24) is 0 Å². The van der Waals surface area contributed by atoms with Gasteiger partial charge in [-0.1, -0.05) is 61.8 Å². The standard InChI is InChI=1S/C18H24O2/c1-3-4-10-18(11-6-5-7-17(18)20)13-15-12-14(2)8-9-16(15)19/h5-9,11-12,17,19-20H,3-4,10,13H2,1-2H3. The molecule has 2 unspecified atom stereocenters. The Morgan fingerprint density at radius 1 is 1.25 bits per heavy atom. The predicted octanol–water partition coefficient (Wildman–Crippen LogP) is 3.91. The van der Waals surface area contributed by atoms with E-state index in [1.165, 1.54) is 0 Å². The lowest BCUT2D eigenvalue weighted by atomic mass is 9.71. The van der Waals surface area contributed by atoms with Crippen molar-refractivity contribution < 1.29 is 10.2 Å². The van der Waals surface area contributed by atoms with Crippen molar-refractivity contribution in [3.8, 4) is 5.75 Å². The lowest BCUT2D eigenvalue weighted by Crippen LogP contribution is -2.35. The van der Waals surface area contributed by atoms with Gasteiger partial charge >= 0.3 is 0 Å². The first kappa shape index (κ1) is 14.9. The van der Waals surface area contributed by atoms with Crippen molar-refractivity contribution in [1.29, 1.82) is 0 Å². The average molecular weight is 272 g/mol. The Morgan fingerprint density at radius 3 is 2.75 bits per heavy atom. The van der Waals surface area contributed by atoms with Gasteiger partial charge in [-0.25, -0.2) is 0 Å². The van der Waals surface area contributed by atoms with Gasteiger partial charge in [0.1, 0.15) is 5.75 Å². The van der Waals surface area contributed by atoms with Crippen LogP contribution < -0.4 is 0 Å². The Kier molecular flexibility index (Phi) is 4.66. The summed E-state index contributed by atoms with van der Waals surface area (Å²) >= 11 is 0. The minimum Gasteiger partial charge on any atom is -0.508 e. The molecule has 0 fully saturated rings. The number of phenols is 1. The second-order valence-electron chi connectivity index (χ2n) is 5.83. The van der Waals surface area contributed by atoms with Crippen LogP contribution in [0.25, 0.3) is 0 Å². The molecule has 0 saturated carbocycles. The van der Waals surface area contributed by atoms with Crippen LogP contribution in [-0.4, -0.2) is 16.3 Å². The van der Waals surface area contributed by atoms with Gasteiger partial charge in [-0.2, -0.15) is 0 Å². The molecule has 0 heterocycles. The monoisotopic (exact) mass is 272 g/mol. The van der Waals surface area contributed by atoms with Gasteiger partial charge in [0.2, 0.25) is 0 Å². The Bertz CT molecular complexity index is 516. The Hall–Kier alpha value is -1.54. The predicted molar refractivity (Wildman–Crippen MR) is 82.8 cm³/mol. The van der Waals surface area contributed by atoms with Gasteiger partial charge in [0.05, 0.1) is 6.10 Å². The highest BCUT2D eigenvalue weighted by Gasteiger charge is 2.35. The topological polar surface area (TPSA) is 40.5 Å². The molecule has 1 aliphatic rings. The minimum atomic E-state index is -0.487. The molecule has 0 saturated heterocycles. The number of hydrogen-bond acceptors (Lipinski definition) is 2. The van der Waals surface area contributed by atoms with Crippen LogP contribution in [0, 0.1) is 12.3 Å². The van der Waals surface area contributed by atoms with E-state index in [0.29, 0.717) is 12.2 Å². The number of unbranched alkanes of at least 4 members (excludes halogenated alkanes) is 1. The number of aliphatic hydroxyl groups excluding tert-OH is 1. The third-order valence-electron chi connectivity index (χ3n) is 4.17. The van der Waals surface area contributed by atoms with Gasteiger partial charge in [-0.05, 0) is 31.4 Å². The molecule has 1 aliphatic carbocycles. The largest absolute Gasteiger partial charge is 0.508 e. The molecule has 2 atom stereocenters. The van der Waals surface area contributed by atoms with E-state index in [4.69, 9.17) is 0 Å². The van der Waals surface area contributed by atoms with E-state index >= 15 is 0 Å². The smallest absolute Gasteiger partial charge is 0.118 e. The Balaban J connectivity index is 2.30. The second-order valence-corrected chi connectivity index (χ2v) is 5.83. The SMILES string of the molecule is CCCCC1(Cc2cc(C)ccc2O)C=CC=CC1O. The number of rotatable bonds is 5. The lowest BCUT2D eigenvalue weighted by molar-refractivity contribution is 0.0872. The van der Waals surface area contributed by atoms with Gasteiger partial charge in [0, 0.05) is 5.41 Å². The first-order chi connectivity index (χ1) is 9.57.